The number of carbonyl (C=O) groups is 1. The summed E-state index contributed by atoms with van der Waals surface area (Å²) in [5.74, 6) is 0.878. The average Bonchev–Trinajstić information content (AvgIpc) is 2.65. The highest BCUT2D eigenvalue weighted by molar-refractivity contribution is 5.93. The van der Waals surface area contributed by atoms with E-state index in [9.17, 15) is 4.79 Å². The fourth-order valence-corrected chi connectivity index (χ4v) is 2.48. The van der Waals surface area contributed by atoms with Crippen LogP contribution in [0.25, 0.3) is 0 Å². The second kappa shape index (κ2) is 9.64. The zero-order valence-corrected chi connectivity index (χ0v) is 16.7. The van der Waals surface area contributed by atoms with Crippen molar-refractivity contribution in [3.63, 3.8) is 0 Å². The second-order valence-electron chi connectivity index (χ2n) is 7.16. The van der Waals surface area contributed by atoms with E-state index in [-0.39, 0.29) is 18.5 Å². The molecule has 0 spiro atoms. The number of amides is 1. The largest absolute Gasteiger partial charge is 0.495 e. The predicted octanol–water partition coefficient (Wildman–Crippen LogP) is 3.69. The standard InChI is InChI=1S/C21H28N4O3/c1-21(2,3)28-20(26)25-17(15-10-6-5-7-11-15)14-23-19(22)24-16-12-8-9-13-18(16)27-4/h5-13,17H,14H2,1-4H3,(H,25,26)(H3,22,23,24). The lowest BCUT2D eigenvalue weighted by molar-refractivity contribution is 0.0505. The third-order valence-corrected chi connectivity index (χ3v) is 3.71. The van der Waals surface area contributed by atoms with Crippen molar-refractivity contribution in [1.29, 1.82) is 0 Å². The summed E-state index contributed by atoms with van der Waals surface area (Å²) in [5.41, 5.74) is 7.06. The number of aliphatic imine (C=N–C) groups is 1. The Morgan fingerprint density at radius 3 is 2.39 bits per heavy atom. The number of methoxy groups -OCH3 is 1. The molecule has 0 aliphatic rings. The Bertz CT molecular complexity index is 801. The highest BCUT2D eigenvalue weighted by Gasteiger charge is 2.20. The van der Waals surface area contributed by atoms with Gasteiger partial charge in [-0.05, 0) is 38.5 Å². The topological polar surface area (TPSA) is 98.0 Å². The van der Waals surface area contributed by atoms with Gasteiger partial charge in [0.05, 0.1) is 25.4 Å². The molecule has 2 aromatic rings. The summed E-state index contributed by atoms with van der Waals surface area (Å²) < 4.78 is 10.7. The quantitative estimate of drug-likeness (QED) is 0.521. The van der Waals surface area contributed by atoms with Crippen LogP contribution in [0.3, 0.4) is 0 Å². The molecular formula is C21H28N4O3. The minimum absolute atomic E-state index is 0.219. The van der Waals surface area contributed by atoms with E-state index in [1.54, 1.807) is 7.11 Å². The molecule has 0 radical (unpaired) electrons. The first-order valence-corrected chi connectivity index (χ1v) is 9.03. The van der Waals surface area contributed by atoms with Crippen LogP contribution in [0, 0.1) is 0 Å². The van der Waals surface area contributed by atoms with Gasteiger partial charge in [-0.3, -0.25) is 4.99 Å². The highest BCUT2D eigenvalue weighted by atomic mass is 16.6. The summed E-state index contributed by atoms with van der Waals surface area (Å²) >= 11 is 0. The van der Waals surface area contributed by atoms with Crippen LogP contribution in [0.15, 0.2) is 59.6 Å². The second-order valence-corrected chi connectivity index (χ2v) is 7.16. The number of hydrogen-bond acceptors (Lipinski definition) is 4. The minimum atomic E-state index is -0.584. The van der Waals surface area contributed by atoms with E-state index in [1.165, 1.54) is 0 Å². The normalized spacial score (nSPS) is 12.8. The van der Waals surface area contributed by atoms with Crippen LogP contribution in [0.5, 0.6) is 5.75 Å². The van der Waals surface area contributed by atoms with E-state index in [1.807, 2.05) is 75.4 Å². The molecule has 0 aliphatic carbocycles. The van der Waals surface area contributed by atoms with E-state index >= 15 is 0 Å². The summed E-state index contributed by atoms with van der Waals surface area (Å²) in [6, 6.07) is 16.6. The van der Waals surface area contributed by atoms with E-state index in [0.29, 0.717) is 11.4 Å². The number of nitrogens with zero attached hydrogens (tertiary/aromatic N) is 1. The number of alkyl carbamates (subject to hydrolysis) is 1. The summed E-state index contributed by atoms with van der Waals surface area (Å²) in [6.45, 7) is 5.70. The summed E-state index contributed by atoms with van der Waals surface area (Å²) in [7, 11) is 1.59. The molecule has 1 unspecified atom stereocenters. The Balaban J connectivity index is 2.11. The fourth-order valence-electron chi connectivity index (χ4n) is 2.48. The molecule has 1 amide bonds. The Hall–Kier alpha value is -3.22. The maximum Gasteiger partial charge on any atom is 0.408 e. The van der Waals surface area contributed by atoms with E-state index in [0.717, 1.165) is 5.56 Å². The number of nitrogens with one attached hydrogen (secondary N) is 2. The van der Waals surface area contributed by atoms with Crippen LogP contribution in [-0.4, -0.2) is 31.3 Å². The lowest BCUT2D eigenvalue weighted by Crippen LogP contribution is -2.36. The first kappa shape index (κ1) is 21.1. The number of hydrogen-bond donors (Lipinski definition) is 3. The van der Waals surface area contributed by atoms with Gasteiger partial charge in [-0.2, -0.15) is 0 Å². The average molecular weight is 384 g/mol. The lowest BCUT2D eigenvalue weighted by atomic mass is 10.1. The lowest BCUT2D eigenvalue weighted by Gasteiger charge is -2.23. The van der Waals surface area contributed by atoms with Gasteiger partial charge in [-0.1, -0.05) is 42.5 Å². The molecule has 0 heterocycles. The molecule has 0 saturated heterocycles. The van der Waals surface area contributed by atoms with Crippen molar-refractivity contribution in [2.45, 2.75) is 32.4 Å². The Morgan fingerprint density at radius 2 is 1.75 bits per heavy atom. The third kappa shape index (κ3) is 6.83. The van der Waals surface area contributed by atoms with Crippen molar-refractivity contribution >= 4 is 17.7 Å². The molecule has 150 valence electrons. The number of rotatable bonds is 6. The third-order valence-electron chi connectivity index (χ3n) is 3.71. The molecule has 0 aromatic heterocycles. The van der Waals surface area contributed by atoms with E-state index in [2.05, 4.69) is 15.6 Å². The molecule has 7 nitrogen and oxygen atoms in total. The van der Waals surface area contributed by atoms with E-state index in [4.69, 9.17) is 15.2 Å². The van der Waals surface area contributed by atoms with Crippen LogP contribution in [0.1, 0.15) is 32.4 Å². The Labute approximate surface area is 165 Å². The molecule has 7 heteroatoms. The molecule has 0 bridgehead atoms. The van der Waals surface area contributed by atoms with Gasteiger partial charge in [-0.25, -0.2) is 4.79 Å². The molecule has 2 rings (SSSR count). The maximum atomic E-state index is 12.2. The first-order chi connectivity index (χ1) is 13.3. The van der Waals surface area contributed by atoms with Crippen molar-refractivity contribution < 1.29 is 14.3 Å². The first-order valence-electron chi connectivity index (χ1n) is 9.03. The van der Waals surface area contributed by atoms with Crippen LogP contribution in [0.4, 0.5) is 10.5 Å². The summed E-state index contributed by atoms with van der Waals surface area (Å²) in [6.07, 6.45) is -0.507. The van der Waals surface area contributed by atoms with Gasteiger partial charge in [0.25, 0.3) is 0 Å². The zero-order valence-electron chi connectivity index (χ0n) is 16.7. The number of benzene rings is 2. The van der Waals surface area contributed by atoms with Crippen LogP contribution in [0.2, 0.25) is 0 Å². The minimum Gasteiger partial charge on any atom is -0.495 e. The van der Waals surface area contributed by atoms with Gasteiger partial charge >= 0.3 is 6.09 Å². The number of guanidine groups is 1. The van der Waals surface area contributed by atoms with Crippen molar-refractivity contribution in [1.82, 2.24) is 5.32 Å². The molecule has 0 aliphatic heterocycles. The van der Waals surface area contributed by atoms with Gasteiger partial charge in [-0.15, -0.1) is 0 Å². The zero-order chi connectivity index (χ0) is 20.6. The number of anilines is 1. The monoisotopic (exact) mass is 384 g/mol. The van der Waals surface area contributed by atoms with Crippen LogP contribution < -0.4 is 21.1 Å². The maximum absolute atomic E-state index is 12.2. The van der Waals surface area contributed by atoms with Gasteiger partial charge in [0.15, 0.2) is 5.96 Å². The number of para-hydroxylation sites is 2. The fraction of sp³-hybridized carbons (Fsp3) is 0.333. The molecular weight excluding hydrogens is 356 g/mol. The summed E-state index contributed by atoms with van der Waals surface area (Å²) in [5, 5.41) is 5.87. The smallest absolute Gasteiger partial charge is 0.408 e. The summed E-state index contributed by atoms with van der Waals surface area (Å²) in [4.78, 5) is 16.6. The molecule has 4 N–H and O–H groups in total. The van der Waals surface area contributed by atoms with Crippen molar-refractivity contribution in [2.75, 3.05) is 19.0 Å². The molecule has 28 heavy (non-hydrogen) atoms. The van der Waals surface area contributed by atoms with Crippen LogP contribution in [-0.2, 0) is 4.74 Å². The SMILES string of the molecule is COc1ccccc1NC(N)=NCC(NC(=O)OC(C)(C)C)c1ccccc1. The van der Waals surface area contributed by atoms with Gasteiger partial charge in [0.1, 0.15) is 11.4 Å². The van der Waals surface area contributed by atoms with Crippen molar-refractivity contribution in [2.24, 2.45) is 10.7 Å². The number of ether oxygens (including phenoxy) is 2. The molecule has 2 aromatic carbocycles. The predicted molar refractivity (Wildman–Crippen MR) is 112 cm³/mol. The van der Waals surface area contributed by atoms with Gasteiger partial charge in [0, 0.05) is 0 Å². The molecule has 1 atom stereocenters. The van der Waals surface area contributed by atoms with Crippen molar-refractivity contribution in [3.05, 3.63) is 60.2 Å². The van der Waals surface area contributed by atoms with Crippen LogP contribution >= 0.6 is 0 Å². The van der Waals surface area contributed by atoms with Crippen molar-refractivity contribution in [3.8, 4) is 5.75 Å². The van der Waals surface area contributed by atoms with Gasteiger partial charge < -0.3 is 25.8 Å². The Kier molecular flexibility index (Phi) is 7.26. The van der Waals surface area contributed by atoms with Gasteiger partial charge in [0.2, 0.25) is 0 Å². The molecule has 0 saturated carbocycles. The molecule has 0 fully saturated rings. The highest BCUT2D eigenvalue weighted by Crippen LogP contribution is 2.22. The van der Waals surface area contributed by atoms with E-state index < -0.39 is 11.7 Å². The number of nitrogens with two attached hydrogens (primary N) is 1. The number of carbonyl (C=O) groups excluding carboxylic acids is 1. The Morgan fingerprint density at radius 1 is 1.11 bits per heavy atom.